The van der Waals surface area contributed by atoms with Gasteiger partial charge in [-0.05, 0) is 32.6 Å². The van der Waals surface area contributed by atoms with E-state index < -0.39 is 47.1 Å². The highest BCUT2D eigenvalue weighted by molar-refractivity contribution is 7.86. The summed E-state index contributed by atoms with van der Waals surface area (Å²) in [6, 6.07) is -0.506. The van der Waals surface area contributed by atoms with E-state index in [0.29, 0.717) is 36.5 Å². The van der Waals surface area contributed by atoms with Crippen LogP contribution < -0.4 is 0 Å². The Kier molecular flexibility index (Phi) is 5.52. The first-order chi connectivity index (χ1) is 12.9. The minimum absolute atomic E-state index is 0.0596. The van der Waals surface area contributed by atoms with Crippen LogP contribution in [0.4, 0.5) is 17.6 Å². The van der Waals surface area contributed by atoms with Crippen LogP contribution in [0.2, 0.25) is 0 Å². The van der Waals surface area contributed by atoms with Crippen LogP contribution in [0.1, 0.15) is 32.6 Å². The van der Waals surface area contributed by atoms with Crippen molar-refractivity contribution in [1.82, 2.24) is 13.5 Å². The van der Waals surface area contributed by atoms with Crippen LogP contribution in [0, 0.1) is 5.92 Å². The van der Waals surface area contributed by atoms with Crippen LogP contribution in [0.15, 0.2) is 0 Å². The fourth-order valence-corrected chi connectivity index (χ4v) is 5.85. The summed E-state index contributed by atoms with van der Waals surface area (Å²) in [5.74, 6) is -1.10. The number of Topliss-reactive ketones (excluding diaryl/α,β-unsaturated/α-hetero) is 1. The first-order valence-corrected chi connectivity index (χ1v) is 10.6. The molecular formula is C16H23F4N3O4S. The van der Waals surface area contributed by atoms with Crippen molar-refractivity contribution in [1.29, 1.82) is 0 Å². The lowest BCUT2D eigenvalue weighted by molar-refractivity contribution is -0.259. The lowest BCUT2D eigenvalue weighted by Crippen LogP contribution is -2.69. The maximum Gasteiger partial charge on any atom is 0.425 e. The Morgan fingerprint density at radius 1 is 1.04 bits per heavy atom. The lowest BCUT2D eigenvalue weighted by atomic mass is 9.97. The van der Waals surface area contributed by atoms with Crippen LogP contribution >= 0.6 is 0 Å². The second kappa shape index (κ2) is 7.21. The van der Waals surface area contributed by atoms with E-state index in [1.54, 1.807) is 0 Å². The summed E-state index contributed by atoms with van der Waals surface area (Å²) in [6.07, 6.45) is -3.07. The molecule has 1 unspecified atom stereocenters. The van der Waals surface area contributed by atoms with Crippen LogP contribution in [-0.4, -0.2) is 84.2 Å². The molecule has 3 aliphatic heterocycles. The molecule has 0 aromatic heterocycles. The Morgan fingerprint density at radius 2 is 1.64 bits per heavy atom. The van der Waals surface area contributed by atoms with Gasteiger partial charge in [-0.1, -0.05) is 0 Å². The molecule has 3 fully saturated rings. The van der Waals surface area contributed by atoms with Crippen molar-refractivity contribution in [3.8, 4) is 0 Å². The maximum absolute atomic E-state index is 13.7. The second-order valence-electron chi connectivity index (χ2n) is 7.74. The van der Waals surface area contributed by atoms with Gasteiger partial charge in [0.15, 0.2) is 5.78 Å². The molecule has 0 radical (unpaired) electrons. The van der Waals surface area contributed by atoms with Gasteiger partial charge >= 0.3 is 6.18 Å². The van der Waals surface area contributed by atoms with Crippen molar-refractivity contribution in [3.63, 3.8) is 0 Å². The number of nitrogens with zero attached hydrogens (tertiary/aromatic N) is 3. The quantitative estimate of drug-likeness (QED) is 0.628. The molecule has 0 bridgehead atoms. The number of ketones is 1. The van der Waals surface area contributed by atoms with Gasteiger partial charge in [-0.15, -0.1) is 0 Å². The summed E-state index contributed by atoms with van der Waals surface area (Å²) in [4.78, 5) is 26.0. The molecule has 0 aromatic carbocycles. The predicted octanol–water partition coefficient (Wildman–Crippen LogP) is 1.11. The molecule has 3 heterocycles. The Bertz CT molecular complexity index is 751. The predicted molar refractivity (Wildman–Crippen MR) is 90.1 cm³/mol. The third kappa shape index (κ3) is 3.65. The Morgan fingerprint density at radius 3 is 2.21 bits per heavy atom. The third-order valence-corrected chi connectivity index (χ3v) is 7.65. The van der Waals surface area contributed by atoms with Crippen LogP contribution in [0.5, 0.6) is 0 Å². The summed E-state index contributed by atoms with van der Waals surface area (Å²) < 4.78 is 78.3. The monoisotopic (exact) mass is 429 g/mol. The van der Waals surface area contributed by atoms with Gasteiger partial charge < -0.3 is 4.90 Å². The molecule has 160 valence electrons. The molecule has 7 nitrogen and oxygen atoms in total. The van der Waals surface area contributed by atoms with Gasteiger partial charge in [-0.2, -0.15) is 30.2 Å². The molecule has 0 N–H and O–H groups in total. The van der Waals surface area contributed by atoms with E-state index in [9.17, 15) is 35.6 Å². The van der Waals surface area contributed by atoms with Crippen LogP contribution in [-0.2, 0) is 19.8 Å². The molecule has 0 spiro atoms. The molecule has 12 heteroatoms. The number of halogens is 4. The molecule has 3 saturated heterocycles. The molecule has 0 aromatic rings. The molecule has 3 rings (SSSR count). The lowest BCUT2D eigenvalue weighted by Gasteiger charge is -2.46. The number of piperidine rings is 1. The third-order valence-electron chi connectivity index (χ3n) is 5.75. The highest BCUT2D eigenvalue weighted by Crippen LogP contribution is 2.43. The molecule has 28 heavy (non-hydrogen) atoms. The van der Waals surface area contributed by atoms with Gasteiger partial charge in [-0.25, -0.2) is 4.39 Å². The molecule has 3 aliphatic rings. The smallest absolute Gasteiger partial charge is 0.332 e. The van der Waals surface area contributed by atoms with E-state index >= 15 is 0 Å². The first kappa shape index (κ1) is 21.4. The zero-order chi connectivity index (χ0) is 20.9. The normalized spacial score (nSPS) is 29.5. The van der Waals surface area contributed by atoms with Crippen molar-refractivity contribution >= 4 is 21.9 Å². The fourth-order valence-electron chi connectivity index (χ4n) is 4.06. The van der Waals surface area contributed by atoms with E-state index in [2.05, 4.69) is 0 Å². The maximum atomic E-state index is 13.7. The van der Waals surface area contributed by atoms with Gasteiger partial charge in [0.05, 0.1) is 25.0 Å². The molecule has 2 atom stereocenters. The summed E-state index contributed by atoms with van der Waals surface area (Å²) >= 11 is 0. The topological polar surface area (TPSA) is 78.0 Å². The van der Waals surface area contributed by atoms with E-state index in [-0.39, 0.29) is 24.8 Å². The average Bonchev–Trinajstić information content (AvgIpc) is 3.07. The van der Waals surface area contributed by atoms with Gasteiger partial charge in [0, 0.05) is 19.6 Å². The number of carbonyl (C=O) groups excluding carboxylic acids is 2. The second-order valence-corrected chi connectivity index (χ2v) is 9.66. The number of alkyl halides is 4. The highest BCUT2D eigenvalue weighted by atomic mass is 32.2. The Hall–Kier alpha value is -1.27. The van der Waals surface area contributed by atoms with Crippen molar-refractivity contribution in [2.45, 2.75) is 50.5 Å². The van der Waals surface area contributed by atoms with Crippen molar-refractivity contribution < 1.29 is 35.6 Å². The number of carbonyl (C=O) groups is 2. The van der Waals surface area contributed by atoms with Crippen molar-refractivity contribution in [3.05, 3.63) is 0 Å². The number of rotatable bonds is 4. The molecule has 1 amide bonds. The number of hydrogen-bond donors (Lipinski definition) is 0. The van der Waals surface area contributed by atoms with Gasteiger partial charge in [0.1, 0.15) is 0 Å². The number of amides is 1. The number of hydrogen-bond acceptors (Lipinski definition) is 4. The Balaban J connectivity index is 1.66. The van der Waals surface area contributed by atoms with E-state index in [1.807, 2.05) is 0 Å². The fraction of sp³-hybridized carbons (Fsp3) is 0.875. The zero-order valence-corrected chi connectivity index (χ0v) is 16.2. The summed E-state index contributed by atoms with van der Waals surface area (Å²) in [5.41, 5.74) is -3.53. The largest absolute Gasteiger partial charge is 0.425 e. The standard InChI is InChI=1S/C16H23F4N3O4S/c1-11(24)13-5-3-7-23(13)14(25)12-4-2-6-21(8-12)28(26,27)22-9-15(17,10-22)16(18,19)20/h12-13H,2-10H2,1H3/t12?,13-/m1/s1. The summed E-state index contributed by atoms with van der Waals surface area (Å²) in [5, 5.41) is 0. The zero-order valence-electron chi connectivity index (χ0n) is 15.4. The van der Waals surface area contributed by atoms with Crippen molar-refractivity contribution in [2.75, 3.05) is 32.7 Å². The van der Waals surface area contributed by atoms with Gasteiger partial charge in [0.2, 0.25) is 11.6 Å². The minimum Gasteiger partial charge on any atom is -0.332 e. The van der Waals surface area contributed by atoms with Gasteiger partial charge in [-0.3, -0.25) is 9.59 Å². The highest BCUT2D eigenvalue weighted by Gasteiger charge is 2.66. The van der Waals surface area contributed by atoms with Gasteiger partial charge in [0.25, 0.3) is 10.2 Å². The minimum atomic E-state index is -5.13. The first-order valence-electron chi connectivity index (χ1n) is 9.18. The molecular weight excluding hydrogens is 406 g/mol. The van der Waals surface area contributed by atoms with E-state index in [1.165, 1.54) is 11.8 Å². The summed E-state index contributed by atoms with van der Waals surface area (Å²) in [7, 11) is -4.29. The van der Waals surface area contributed by atoms with Crippen LogP contribution in [0.3, 0.4) is 0 Å². The van der Waals surface area contributed by atoms with Crippen LogP contribution in [0.25, 0.3) is 0 Å². The molecule has 0 aliphatic carbocycles. The van der Waals surface area contributed by atoms with Crippen molar-refractivity contribution in [2.24, 2.45) is 5.92 Å². The summed E-state index contributed by atoms with van der Waals surface area (Å²) in [6.45, 7) is -0.830. The molecule has 0 saturated carbocycles. The SMILES string of the molecule is CC(=O)[C@H]1CCCN1C(=O)C1CCCN(S(=O)(=O)N2CC(F)(C(F)(F)F)C2)C1. The Labute approximate surface area is 160 Å². The number of likely N-dealkylation sites (tertiary alicyclic amines) is 1. The van der Waals surface area contributed by atoms with E-state index in [0.717, 1.165) is 4.31 Å². The average molecular weight is 429 g/mol. The van der Waals surface area contributed by atoms with E-state index in [4.69, 9.17) is 0 Å².